The van der Waals surface area contributed by atoms with E-state index in [2.05, 4.69) is 21.3 Å². The summed E-state index contributed by atoms with van der Waals surface area (Å²) >= 11 is 0. The van der Waals surface area contributed by atoms with Crippen LogP contribution in [0.5, 0.6) is 0 Å². The van der Waals surface area contributed by atoms with Crippen molar-refractivity contribution in [3.63, 3.8) is 0 Å². The van der Waals surface area contributed by atoms with Gasteiger partial charge in [-0.25, -0.2) is 4.63 Å². The number of aliphatic hydroxyl groups is 1. The van der Waals surface area contributed by atoms with E-state index in [9.17, 15) is 5.11 Å². The van der Waals surface area contributed by atoms with Crippen LogP contribution in [0.2, 0.25) is 0 Å². The maximum absolute atomic E-state index is 9.83. The van der Waals surface area contributed by atoms with Gasteiger partial charge in [-0.15, -0.1) is 0 Å². The summed E-state index contributed by atoms with van der Waals surface area (Å²) in [5.41, 5.74) is 5.46. The van der Waals surface area contributed by atoms with Gasteiger partial charge in [0.2, 0.25) is 0 Å². The molecule has 4 rings (SSSR count). The first-order valence-corrected chi connectivity index (χ1v) is 8.10. The molecule has 1 fully saturated rings. The first-order chi connectivity index (χ1) is 11.7. The number of anilines is 1. The lowest BCUT2D eigenvalue weighted by atomic mass is 9.99. The van der Waals surface area contributed by atoms with Crippen LogP contribution in [0.25, 0.3) is 22.2 Å². The van der Waals surface area contributed by atoms with Gasteiger partial charge >= 0.3 is 0 Å². The second-order valence-corrected chi connectivity index (χ2v) is 6.03. The molecule has 0 radical (unpaired) electrons. The summed E-state index contributed by atoms with van der Waals surface area (Å²) in [6.45, 7) is 4.81. The third kappa shape index (κ3) is 2.74. The summed E-state index contributed by atoms with van der Waals surface area (Å²) in [5, 5.41) is 17.9. The van der Waals surface area contributed by atoms with Gasteiger partial charge in [0.25, 0.3) is 0 Å². The van der Waals surface area contributed by atoms with Gasteiger partial charge in [-0.2, -0.15) is 0 Å². The smallest absolute Gasteiger partial charge is 0.158 e. The lowest BCUT2D eigenvalue weighted by Gasteiger charge is -2.29. The fourth-order valence-corrected chi connectivity index (χ4v) is 3.06. The summed E-state index contributed by atoms with van der Waals surface area (Å²) in [7, 11) is 0. The maximum Gasteiger partial charge on any atom is 0.158 e. The number of aromatic nitrogens is 2. The van der Waals surface area contributed by atoms with Crippen molar-refractivity contribution in [3.8, 4) is 11.1 Å². The third-order valence-corrected chi connectivity index (χ3v) is 4.40. The lowest BCUT2D eigenvalue weighted by molar-refractivity contribution is 0.123. The van der Waals surface area contributed by atoms with Gasteiger partial charge in [0, 0.05) is 13.1 Å². The standard InChI is InChI=1S/C18H19N3O3/c1-12(22)13-3-2-4-14(9-13)15-10-16-18(20-24-19-16)17(11-15)21-5-7-23-8-6-21/h2-4,9-12,22H,5-8H2,1H3. The molecule has 124 valence electrons. The molecule has 0 aliphatic carbocycles. The minimum atomic E-state index is -0.499. The molecule has 6 nitrogen and oxygen atoms in total. The summed E-state index contributed by atoms with van der Waals surface area (Å²) < 4.78 is 10.4. The predicted molar refractivity (Wildman–Crippen MR) is 90.9 cm³/mol. The van der Waals surface area contributed by atoms with E-state index in [0.29, 0.717) is 13.2 Å². The van der Waals surface area contributed by atoms with Crippen LogP contribution in [0.1, 0.15) is 18.6 Å². The Morgan fingerprint density at radius 3 is 2.71 bits per heavy atom. The number of aliphatic hydroxyl groups excluding tert-OH is 1. The minimum absolute atomic E-state index is 0.499. The van der Waals surface area contributed by atoms with Crippen molar-refractivity contribution in [1.29, 1.82) is 0 Å². The number of hydrogen-bond acceptors (Lipinski definition) is 6. The van der Waals surface area contributed by atoms with Gasteiger partial charge in [-0.3, -0.25) is 0 Å². The maximum atomic E-state index is 9.83. The zero-order chi connectivity index (χ0) is 16.5. The Hall–Kier alpha value is -2.44. The minimum Gasteiger partial charge on any atom is -0.389 e. The molecule has 1 aliphatic heterocycles. The van der Waals surface area contributed by atoms with E-state index >= 15 is 0 Å². The SMILES string of the molecule is CC(O)c1cccc(-c2cc(N3CCOCC3)c3nonc3c2)c1. The normalized spacial score (nSPS) is 16.5. The van der Waals surface area contributed by atoms with Gasteiger partial charge in [0.05, 0.1) is 25.0 Å². The van der Waals surface area contributed by atoms with Crippen molar-refractivity contribution in [3.05, 3.63) is 42.0 Å². The van der Waals surface area contributed by atoms with Crippen molar-refractivity contribution < 1.29 is 14.5 Å². The van der Waals surface area contributed by atoms with Crippen LogP contribution in [0.4, 0.5) is 5.69 Å². The van der Waals surface area contributed by atoms with E-state index in [1.165, 1.54) is 0 Å². The van der Waals surface area contributed by atoms with Gasteiger partial charge in [-0.1, -0.05) is 18.2 Å². The van der Waals surface area contributed by atoms with Crippen molar-refractivity contribution in [2.45, 2.75) is 13.0 Å². The zero-order valence-corrected chi connectivity index (χ0v) is 13.5. The number of nitrogens with zero attached hydrogens (tertiary/aromatic N) is 3. The van der Waals surface area contributed by atoms with Crippen molar-refractivity contribution in [1.82, 2.24) is 10.3 Å². The zero-order valence-electron chi connectivity index (χ0n) is 13.5. The Morgan fingerprint density at radius 1 is 1.08 bits per heavy atom. The van der Waals surface area contributed by atoms with Gasteiger partial charge in [0.15, 0.2) is 5.52 Å². The fourth-order valence-electron chi connectivity index (χ4n) is 3.06. The first-order valence-electron chi connectivity index (χ1n) is 8.10. The van der Waals surface area contributed by atoms with Crippen LogP contribution in [-0.4, -0.2) is 41.7 Å². The van der Waals surface area contributed by atoms with Gasteiger partial charge < -0.3 is 14.7 Å². The number of morpholine rings is 1. The van der Waals surface area contributed by atoms with Crippen molar-refractivity contribution in [2.24, 2.45) is 0 Å². The average molecular weight is 325 g/mol. The first kappa shape index (κ1) is 15.1. The van der Waals surface area contributed by atoms with Crippen molar-refractivity contribution >= 4 is 16.7 Å². The van der Waals surface area contributed by atoms with Crippen LogP contribution < -0.4 is 4.90 Å². The molecule has 0 spiro atoms. The highest BCUT2D eigenvalue weighted by atomic mass is 16.6. The molecular formula is C18H19N3O3. The van der Waals surface area contributed by atoms with E-state index in [-0.39, 0.29) is 0 Å². The quantitative estimate of drug-likeness (QED) is 0.798. The Balaban J connectivity index is 1.82. The van der Waals surface area contributed by atoms with E-state index in [4.69, 9.17) is 9.37 Å². The molecule has 0 bridgehead atoms. The molecule has 1 unspecified atom stereocenters. The van der Waals surface area contributed by atoms with Crippen LogP contribution in [0, 0.1) is 0 Å². The molecule has 24 heavy (non-hydrogen) atoms. The number of benzene rings is 2. The number of rotatable bonds is 3. The predicted octanol–water partition coefficient (Wildman–Crippen LogP) is 2.78. The molecular weight excluding hydrogens is 306 g/mol. The largest absolute Gasteiger partial charge is 0.389 e. The summed E-state index contributed by atoms with van der Waals surface area (Å²) in [5.74, 6) is 0. The summed E-state index contributed by atoms with van der Waals surface area (Å²) in [4.78, 5) is 2.25. The molecule has 6 heteroatoms. The number of ether oxygens (including phenoxy) is 1. The monoisotopic (exact) mass is 325 g/mol. The van der Waals surface area contributed by atoms with Crippen LogP contribution in [-0.2, 0) is 4.74 Å². The Labute approximate surface area is 139 Å². The molecule has 1 aliphatic rings. The summed E-state index contributed by atoms with van der Waals surface area (Å²) in [6.07, 6.45) is -0.499. The fraction of sp³-hybridized carbons (Fsp3) is 0.333. The Kier molecular flexibility index (Phi) is 3.92. The topological polar surface area (TPSA) is 71.6 Å². The second-order valence-electron chi connectivity index (χ2n) is 6.03. The van der Waals surface area contributed by atoms with E-state index in [1.54, 1.807) is 6.92 Å². The third-order valence-electron chi connectivity index (χ3n) is 4.40. The molecule has 1 N–H and O–H groups in total. The van der Waals surface area contributed by atoms with E-state index in [0.717, 1.165) is 46.5 Å². The highest BCUT2D eigenvalue weighted by Gasteiger charge is 2.18. The lowest BCUT2D eigenvalue weighted by Crippen LogP contribution is -2.36. The highest BCUT2D eigenvalue weighted by Crippen LogP contribution is 2.33. The molecule has 1 atom stereocenters. The van der Waals surface area contributed by atoms with Gasteiger partial charge in [0.1, 0.15) is 5.52 Å². The molecule has 2 heterocycles. The van der Waals surface area contributed by atoms with E-state index < -0.39 is 6.10 Å². The molecule has 1 aromatic heterocycles. The second kappa shape index (κ2) is 6.22. The molecule has 2 aromatic carbocycles. The van der Waals surface area contributed by atoms with Gasteiger partial charge in [-0.05, 0) is 52.1 Å². The summed E-state index contributed by atoms with van der Waals surface area (Å²) in [6, 6.07) is 12.0. The molecule has 3 aromatic rings. The van der Waals surface area contributed by atoms with E-state index in [1.807, 2.05) is 30.3 Å². The molecule has 0 amide bonds. The molecule has 0 saturated carbocycles. The van der Waals surface area contributed by atoms with Crippen LogP contribution in [0.15, 0.2) is 41.0 Å². The average Bonchev–Trinajstić information content (AvgIpc) is 3.10. The number of fused-ring (bicyclic) bond motifs is 1. The van der Waals surface area contributed by atoms with Crippen LogP contribution >= 0.6 is 0 Å². The Bertz CT molecular complexity index is 854. The number of hydrogen-bond donors (Lipinski definition) is 1. The van der Waals surface area contributed by atoms with Crippen molar-refractivity contribution in [2.75, 3.05) is 31.2 Å². The van der Waals surface area contributed by atoms with Crippen LogP contribution in [0.3, 0.4) is 0 Å². The molecule has 1 saturated heterocycles. The Morgan fingerprint density at radius 2 is 1.92 bits per heavy atom. The highest BCUT2D eigenvalue weighted by molar-refractivity contribution is 5.92.